The lowest BCUT2D eigenvalue weighted by Crippen LogP contribution is -2.35. The van der Waals surface area contributed by atoms with Crippen molar-refractivity contribution in [2.75, 3.05) is 32.1 Å². The summed E-state index contributed by atoms with van der Waals surface area (Å²) in [6, 6.07) is 4.44. The summed E-state index contributed by atoms with van der Waals surface area (Å²) in [6.07, 6.45) is 3.44. The van der Waals surface area contributed by atoms with Gasteiger partial charge >= 0.3 is 5.97 Å². The number of esters is 1. The smallest absolute Gasteiger partial charge is 0.309 e. The zero-order valence-electron chi connectivity index (χ0n) is 16.1. The van der Waals surface area contributed by atoms with Gasteiger partial charge in [-0.3, -0.25) is 9.59 Å². The molecule has 1 saturated carbocycles. The summed E-state index contributed by atoms with van der Waals surface area (Å²) < 4.78 is 37.7. The van der Waals surface area contributed by atoms with E-state index in [2.05, 4.69) is 5.32 Å². The summed E-state index contributed by atoms with van der Waals surface area (Å²) in [6.45, 7) is 2.49. The van der Waals surface area contributed by atoms with Crippen LogP contribution in [0.15, 0.2) is 23.1 Å². The molecule has 2 fully saturated rings. The zero-order valence-corrected chi connectivity index (χ0v) is 17.0. The number of nitrogens with one attached hydrogen (secondary N) is 1. The topological polar surface area (TPSA) is 102 Å². The molecule has 1 aliphatic carbocycles. The van der Waals surface area contributed by atoms with E-state index in [-0.39, 0.29) is 22.5 Å². The molecular weight excluding hydrogens is 384 g/mol. The van der Waals surface area contributed by atoms with E-state index in [0.717, 1.165) is 25.7 Å². The Morgan fingerprint density at radius 3 is 2.50 bits per heavy atom. The van der Waals surface area contributed by atoms with Crippen molar-refractivity contribution in [2.24, 2.45) is 11.8 Å². The predicted molar refractivity (Wildman–Crippen MR) is 102 cm³/mol. The van der Waals surface area contributed by atoms with Crippen molar-refractivity contribution < 1.29 is 27.5 Å². The SMILES string of the molecule is COc1ccc(NC(=O)COC(=O)[C@H]2C[C@H]2C)cc1S(=O)(=O)N1CCCCC1. The summed E-state index contributed by atoms with van der Waals surface area (Å²) in [5.41, 5.74) is 0.303. The number of nitrogens with zero attached hydrogens (tertiary/aromatic N) is 1. The van der Waals surface area contributed by atoms with E-state index < -0.39 is 22.5 Å². The van der Waals surface area contributed by atoms with E-state index in [1.165, 1.54) is 23.5 Å². The van der Waals surface area contributed by atoms with Gasteiger partial charge in [0.05, 0.1) is 13.0 Å². The van der Waals surface area contributed by atoms with Gasteiger partial charge in [0.1, 0.15) is 10.6 Å². The lowest BCUT2D eigenvalue weighted by Gasteiger charge is -2.26. The van der Waals surface area contributed by atoms with Crippen LogP contribution in [0.3, 0.4) is 0 Å². The molecule has 1 N–H and O–H groups in total. The number of hydrogen-bond acceptors (Lipinski definition) is 6. The van der Waals surface area contributed by atoms with Gasteiger partial charge < -0.3 is 14.8 Å². The quantitative estimate of drug-likeness (QED) is 0.690. The third kappa shape index (κ3) is 4.64. The minimum absolute atomic E-state index is 0.0125. The van der Waals surface area contributed by atoms with Crippen molar-refractivity contribution in [1.82, 2.24) is 4.31 Å². The van der Waals surface area contributed by atoms with Gasteiger partial charge in [-0.05, 0) is 43.4 Å². The number of amides is 1. The Bertz CT molecular complexity index is 848. The minimum atomic E-state index is -3.73. The number of anilines is 1. The molecule has 1 amide bonds. The normalized spacial score (nSPS) is 22.4. The Hall–Kier alpha value is -2.13. The van der Waals surface area contributed by atoms with Crippen molar-refractivity contribution in [3.05, 3.63) is 18.2 Å². The predicted octanol–water partition coefficient (Wildman–Crippen LogP) is 2.01. The highest BCUT2D eigenvalue weighted by molar-refractivity contribution is 7.89. The van der Waals surface area contributed by atoms with Crippen molar-refractivity contribution in [1.29, 1.82) is 0 Å². The molecule has 0 bridgehead atoms. The molecule has 2 aliphatic rings. The molecule has 9 heteroatoms. The van der Waals surface area contributed by atoms with Crippen LogP contribution in [0.1, 0.15) is 32.6 Å². The first-order valence-electron chi connectivity index (χ1n) is 9.47. The minimum Gasteiger partial charge on any atom is -0.495 e. The van der Waals surface area contributed by atoms with Crippen molar-refractivity contribution >= 4 is 27.6 Å². The molecule has 1 heterocycles. The van der Waals surface area contributed by atoms with Gasteiger partial charge in [0.2, 0.25) is 10.0 Å². The fourth-order valence-electron chi connectivity index (χ4n) is 3.29. The van der Waals surface area contributed by atoms with Crippen LogP contribution >= 0.6 is 0 Å². The fraction of sp³-hybridized carbons (Fsp3) is 0.579. The summed E-state index contributed by atoms with van der Waals surface area (Å²) >= 11 is 0. The second kappa shape index (κ2) is 8.48. The third-order valence-corrected chi connectivity index (χ3v) is 7.06. The van der Waals surface area contributed by atoms with E-state index in [4.69, 9.17) is 9.47 Å². The molecular formula is C19H26N2O6S. The van der Waals surface area contributed by atoms with Gasteiger partial charge in [-0.2, -0.15) is 4.31 Å². The van der Waals surface area contributed by atoms with Gasteiger partial charge in [-0.25, -0.2) is 8.42 Å². The van der Waals surface area contributed by atoms with Crippen LogP contribution < -0.4 is 10.1 Å². The molecule has 0 radical (unpaired) electrons. The summed E-state index contributed by atoms with van der Waals surface area (Å²) in [7, 11) is -2.32. The van der Waals surface area contributed by atoms with E-state index >= 15 is 0 Å². The molecule has 0 spiro atoms. The molecule has 8 nitrogen and oxygen atoms in total. The monoisotopic (exact) mass is 410 g/mol. The second-order valence-corrected chi connectivity index (χ2v) is 9.21. The molecule has 1 aromatic rings. The van der Waals surface area contributed by atoms with Crippen LogP contribution in [0.4, 0.5) is 5.69 Å². The molecule has 0 aromatic heterocycles. The lowest BCUT2D eigenvalue weighted by atomic mass is 10.2. The summed E-state index contributed by atoms with van der Waals surface area (Å²) in [5, 5.41) is 2.58. The standard InChI is InChI=1S/C19H26N2O6S/c1-13-10-15(13)19(23)27-12-18(22)20-14-6-7-16(26-2)17(11-14)28(24,25)21-8-4-3-5-9-21/h6-7,11,13,15H,3-5,8-10,12H2,1-2H3,(H,20,22)/t13-,15+/m1/s1. The van der Waals surface area contributed by atoms with E-state index in [9.17, 15) is 18.0 Å². The highest BCUT2D eigenvalue weighted by atomic mass is 32.2. The maximum atomic E-state index is 13.0. The first-order valence-corrected chi connectivity index (χ1v) is 10.9. The molecule has 3 rings (SSSR count). The van der Waals surface area contributed by atoms with E-state index in [0.29, 0.717) is 24.7 Å². The maximum Gasteiger partial charge on any atom is 0.309 e. The number of carbonyl (C=O) groups is 2. The highest BCUT2D eigenvalue weighted by Gasteiger charge is 2.40. The van der Waals surface area contributed by atoms with Gasteiger partial charge in [0.25, 0.3) is 5.91 Å². The lowest BCUT2D eigenvalue weighted by molar-refractivity contribution is -0.148. The molecule has 1 aromatic carbocycles. The molecule has 2 atom stereocenters. The fourth-order valence-corrected chi connectivity index (χ4v) is 4.99. The zero-order chi connectivity index (χ0) is 20.3. The third-order valence-electron chi connectivity index (χ3n) is 5.14. The molecule has 154 valence electrons. The van der Waals surface area contributed by atoms with Crippen LogP contribution in [-0.4, -0.2) is 51.4 Å². The summed E-state index contributed by atoms with van der Waals surface area (Å²) in [5.74, 6) is -0.480. The van der Waals surface area contributed by atoms with Crippen LogP contribution in [0.2, 0.25) is 0 Å². The van der Waals surface area contributed by atoms with Crippen molar-refractivity contribution in [3.8, 4) is 5.75 Å². The molecule has 1 aliphatic heterocycles. The Morgan fingerprint density at radius 1 is 1.21 bits per heavy atom. The van der Waals surface area contributed by atoms with Crippen molar-refractivity contribution in [3.63, 3.8) is 0 Å². The number of ether oxygens (including phenoxy) is 2. The molecule has 28 heavy (non-hydrogen) atoms. The summed E-state index contributed by atoms with van der Waals surface area (Å²) in [4.78, 5) is 23.8. The van der Waals surface area contributed by atoms with Crippen LogP contribution in [-0.2, 0) is 24.3 Å². The number of benzene rings is 1. The van der Waals surface area contributed by atoms with Gasteiger partial charge in [-0.1, -0.05) is 13.3 Å². The Morgan fingerprint density at radius 2 is 1.89 bits per heavy atom. The maximum absolute atomic E-state index is 13.0. The van der Waals surface area contributed by atoms with Gasteiger partial charge in [-0.15, -0.1) is 0 Å². The number of sulfonamides is 1. The van der Waals surface area contributed by atoms with Crippen LogP contribution in [0.5, 0.6) is 5.75 Å². The molecule has 1 saturated heterocycles. The Balaban J connectivity index is 1.69. The first-order chi connectivity index (χ1) is 13.3. The molecule has 0 unspecified atom stereocenters. The van der Waals surface area contributed by atoms with Crippen molar-refractivity contribution in [2.45, 2.75) is 37.5 Å². The van der Waals surface area contributed by atoms with Crippen LogP contribution in [0.25, 0.3) is 0 Å². The van der Waals surface area contributed by atoms with Crippen LogP contribution in [0, 0.1) is 11.8 Å². The van der Waals surface area contributed by atoms with E-state index in [1.807, 2.05) is 6.92 Å². The largest absolute Gasteiger partial charge is 0.495 e. The van der Waals surface area contributed by atoms with Gasteiger partial charge in [0.15, 0.2) is 6.61 Å². The Kier molecular flexibility index (Phi) is 6.24. The first kappa shape index (κ1) is 20.6. The highest BCUT2D eigenvalue weighted by Crippen LogP contribution is 2.38. The van der Waals surface area contributed by atoms with Gasteiger partial charge in [0, 0.05) is 18.8 Å². The average Bonchev–Trinajstić information content (AvgIpc) is 3.43. The van der Waals surface area contributed by atoms with E-state index in [1.54, 1.807) is 6.07 Å². The number of hydrogen-bond donors (Lipinski definition) is 1. The number of carbonyl (C=O) groups excluding carboxylic acids is 2. The number of rotatable bonds is 7. The number of piperidine rings is 1. The average molecular weight is 410 g/mol. The second-order valence-electron chi connectivity index (χ2n) is 7.31. The number of methoxy groups -OCH3 is 1. The Labute approximate surface area is 165 Å².